The molecule has 1 fully saturated rings. The zero-order chi connectivity index (χ0) is 15.6. The van der Waals surface area contributed by atoms with E-state index in [4.69, 9.17) is 5.11 Å². The molecule has 2 heterocycles. The van der Waals surface area contributed by atoms with Gasteiger partial charge in [0, 0.05) is 31.7 Å². The molecule has 1 amide bonds. The van der Waals surface area contributed by atoms with Gasteiger partial charge in [-0.15, -0.1) is 0 Å². The first-order chi connectivity index (χ1) is 9.79. The molecule has 1 aromatic rings. The molecule has 0 atom stereocenters. The van der Waals surface area contributed by atoms with Crippen LogP contribution >= 0.6 is 0 Å². The lowest BCUT2D eigenvalue weighted by molar-refractivity contribution is 0.0446. The fraction of sp³-hybridized carbons (Fsp3) is 0.533. The summed E-state index contributed by atoms with van der Waals surface area (Å²) in [4.78, 5) is 31.3. The highest BCUT2D eigenvalue weighted by molar-refractivity contribution is 5.94. The Morgan fingerprint density at radius 1 is 1.10 bits per heavy atom. The number of aromatic nitrogens is 1. The van der Waals surface area contributed by atoms with E-state index in [1.165, 1.54) is 6.07 Å². The van der Waals surface area contributed by atoms with Gasteiger partial charge in [-0.1, -0.05) is 6.07 Å². The second-order valence-corrected chi connectivity index (χ2v) is 6.16. The van der Waals surface area contributed by atoms with Crippen molar-refractivity contribution >= 4 is 11.9 Å². The number of nitrogens with zero attached hydrogens (tertiary/aromatic N) is 3. The minimum absolute atomic E-state index is 0.0939. The van der Waals surface area contributed by atoms with Crippen molar-refractivity contribution in [2.75, 3.05) is 26.2 Å². The molecule has 1 N–H and O–H groups in total. The fourth-order valence-electron chi connectivity index (χ4n) is 2.42. The molecule has 6 heteroatoms. The van der Waals surface area contributed by atoms with Crippen molar-refractivity contribution in [3.05, 3.63) is 29.6 Å². The van der Waals surface area contributed by atoms with E-state index in [9.17, 15) is 9.59 Å². The zero-order valence-electron chi connectivity index (χ0n) is 12.7. The van der Waals surface area contributed by atoms with Crippen LogP contribution in [0.5, 0.6) is 0 Å². The lowest BCUT2D eigenvalue weighted by Gasteiger charge is -2.42. The van der Waals surface area contributed by atoms with E-state index in [1.807, 2.05) is 0 Å². The van der Waals surface area contributed by atoms with E-state index in [0.717, 1.165) is 13.1 Å². The van der Waals surface area contributed by atoms with Crippen LogP contribution in [-0.4, -0.2) is 63.5 Å². The van der Waals surface area contributed by atoms with Crippen molar-refractivity contribution in [1.29, 1.82) is 0 Å². The molecule has 2 rings (SSSR count). The minimum Gasteiger partial charge on any atom is -0.477 e. The first-order valence-electron chi connectivity index (χ1n) is 7.04. The van der Waals surface area contributed by atoms with Gasteiger partial charge < -0.3 is 10.0 Å². The van der Waals surface area contributed by atoms with Gasteiger partial charge >= 0.3 is 5.97 Å². The third-order valence-electron chi connectivity index (χ3n) is 3.70. The van der Waals surface area contributed by atoms with E-state index in [2.05, 4.69) is 30.7 Å². The highest BCUT2D eigenvalue weighted by atomic mass is 16.4. The fourth-order valence-corrected chi connectivity index (χ4v) is 2.42. The Labute approximate surface area is 124 Å². The van der Waals surface area contributed by atoms with Crippen LogP contribution in [0, 0.1) is 0 Å². The number of carboxylic acid groups (broad SMARTS) is 1. The van der Waals surface area contributed by atoms with Crippen molar-refractivity contribution in [1.82, 2.24) is 14.8 Å². The maximum Gasteiger partial charge on any atom is 0.354 e. The SMILES string of the molecule is CC(C)(C)N1CCN(C(=O)c2cccc(C(=O)O)n2)CC1. The standard InChI is InChI=1S/C15H21N3O3/c1-15(2,3)18-9-7-17(8-10-18)13(19)11-5-4-6-12(16-11)14(20)21/h4-6H,7-10H2,1-3H3,(H,20,21). The summed E-state index contributed by atoms with van der Waals surface area (Å²) in [5.41, 5.74) is 0.185. The van der Waals surface area contributed by atoms with Gasteiger partial charge in [0.25, 0.3) is 5.91 Å². The number of pyridine rings is 1. The third-order valence-corrected chi connectivity index (χ3v) is 3.70. The van der Waals surface area contributed by atoms with Crippen molar-refractivity contribution in [2.45, 2.75) is 26.3 Å². The van der Waals surface area contributed by atoms with Crippen molar-refractivity contribution in [3.8, 4) is 0 Å². The lowest BCUT2D eigenvalue weighted by Crippen LogP contribution is -2.54. The van der Waals surface area contributed by atoms with Gasteiger partial charge in [0.05, 0.1) is 0 Å². The van der Waals surface area contributed by atoms with Crippen LogP contribution in [0.15, 0.2) is 18.2 Å². The molecule has 0 aliphatic carbocycles. The molecule has 1 aliphatic heterocycles. The van der Waals surface area contributed by atoms with Crippen LogP contribution in [0.3, 0.4) is 0 Å². The quantitative estimate of drug-likeness (QED) is 0.890. The largest absolute Gasteiger partial charge is 0.477 e. The van der Waals surface area contributed by atoms with Gasteiger partial charge in [0.2, 0.25) is 0 Å². The third kappa shape index (κ3) is 3.58. The molecule has 0 bridgehead atoms. The summed E-state index contributed by atoms with van der Waals surface area (Å²) < 4.78 is 0. The molecular weight excluding hydrogens is 270 g/mol. The van der Waals surface area contributed by atoms with Crippen LogP contribution < -0.4 is 0 Å². The molecule has 0 saturated carbocycles. The summed E-state index contributed by atoms with van der Waals surface area (Å²) in [6, 6.07) is 4.50. The molecule has 1 aromatic heterocycles. The summed E-state index contributed by atoms with van der Waals surface area (Å²) >= 11 is 0. The Hall–Kier alpha value is -1.95. The average molecular weight is 291 g/mol. The maximum absolute atomic E-state index is 12.4. The lowest BCUT2D eigenvalue weighted by atomic mass is 10.0. The van der Waals surface area contributed by atoms with Gasteiger partial charge in [-0.25, -0.2) is 9.78 Å². The van der Waals surface area contributed by atoms with Crippen LogP contribution in [0.1, 0.15) is 41.7 Å². The number of rotatable bonds is 2. The number of carboxylic acids is 1. The van der Waals surface area contributed by atoms with Crippen molar-refractivity contribution < 1.29 is 14.7 Å². The van der Waals surface area contributed by atoms with Crippen molar-refractivity contribution in [2.24, 2.45) is 0 Å². The van der Waals surface area contributed by atoms with Gasteiger partial charge in [-0.3, -0.25) is 9.69 Å². The molecule has 1 saturated heterocycles. The molecule has 114 valence electrons. The number of aromatic carboxylic acids is 1. The first-order valence-corrected chi connectivity index (χ1v) is 7.04. The molecule has 1 aliphatic rings. The Balaban J connectivity index is 2.05. The summed E-state index contributed by atoms with van der Waals surface area (Å²) in [6.07, 6.45) is 0. The molecule has 6 nitrogen and oxygen atoms in total. The number of piperazine rings is 1. The second kappa shape index (κ2) is 5.81. The number of hydrogen-bond acceptors (Lipinski definition) is 4. The predicted octanol–water partition coefficient (Wildman–Crippen LogP) is 1.34. The Morgan fingerprint density at radius 2 is 1.67 bits per heavy atom. The van der Waals surface area contributed by atoms with Gasteiger partial charge in [-0.2, -0.15) is 0 Å². The van der Waals surface area contributed by atoms with E-state index in [1.54, 1.807) is 17.0 Å². The Kier molecular flexibility index (Phi) is 4.27. The van der Waals surface area contributed by atoms with E-state index >= 15 is 0 Å². The molecule has 21 heavy (non-hydrogen) atoms. The molecular formula is C15H21N3O3. The maximum atomic E-state index is 12.4. The van der Waals surface area contributed by atoms with Gasteiger partial charge in [0.15, 0.2) is 0 Å². The minimum atomic E-state index is -1.12. The van der Waals surface area contributed by atoms with E-state index in [0.29, 0.717) is 13.1 Å². The number of amides is 1. The molecule has 0 radical (unpaired) electrons. The van der Waals surface area contributed by atoms with Gasteiger partial charge in [-0.05, 0) is 32.9 Å². The zero-order valence-corrected chi connectivity index (χ0v) is 12.7. The van der Waals surface area contributed by atoms with Gasteiger partial charge in [0.1, 0.15) is 11.4 Å². The predicted molar refractivity (Wildman–Crippen MR) is 78.4 cm³/mol. The Bertz CT molecular complexity index is 543. The molecule has 0 spiro atoms. The summed E-state index contributed by atoms with van der Waals surface area (Å²) in [5.74, 6) is -1.33. The van der Waals surface area contributed by atoms with Crippen LogP contribution in [-0.2, 0) is 0 Å². The van der Waals surface area contributed by atoms with E-state index in [-0.39, 0.29) is 22.8 Å². The topological polar surface area (TPSA) is 73.7 Å². The smallest absolute Gasteiger partial charge is 0.354 e. The average Bonchev–Trinajstić information content (AvgIpc) is 2.46. The molecule has 0 unspecified atom stereocenters. The van der Waals surface area contributed by atoms with Crippen LogP contribution in [0.25, 0.3) is 0 Å². The number of carbonyl (C=O) groups is 2. The summed E-state index contributed by atoms with van der Waals surface area (Å²) in [6.45, 7) is 9.36. The van der Waals surface area contributed by atoms with E-state index < -0.39 is 5.97 Å². The Morgan fingerprint density at radius 3 is 2.19 bits per heavy atom. The first kappa shape index (κ1) is 15.4. The molecule has 0 aromatic carbocycles. The monoisotopic (exact) mass is 291 g/mol. The highest BCUT2D eigenvalue weighted by Gasteiger charge is 2.28. The second-order valence-electron chi connectivity index (χ2n) is 6.16. The van der Waals surface area contributed by atoms with Crippen LogP contribution in [0.2, 0.25) is 0 Å². The normalized spacial score (nSPS) is 16.8. The van der Waals surface area contributed by atoms with Crippen molar-refractivity contribution in [3.63, 3.8) is 0 Å². The van der Waals surface area contributed by atoms with Crippen LogP contribution in [0.4, 0.5) is 0 Å². The summed E-state index contributed by atoms with van der Waals surface area (Å²) in [7, 11) is 0. The summed E-state index contributed by atoms with van der Waals surface area (Å²) in [5, 5.41) is 8.93. The number of carbonyl (C=O) groups excluding carboxylic acids is 1. The number of hydrogen-bond donors (Lipinski definition) is 1. The highest BCUT2D eigenvalue weighted by Crippen LogP contribution is 2.16.